The lowest BCUT2D eigenvalue weighted by molar-refractivity contribution is 0.345. The van der Waals surface area contributed by atoms with Gasteiger partial charge in [0.05, 0.1) is 5.41 Å². The van der Waals surface area contributed by atoms with E-state index >= 15 is 0 Å². The summed E-state index contributed by atoms with van der Waals surface area (Å²) in [6.07, 6.45) is 7.09. The fraction of sp³-hybridized carbons (Fsp3) is 0.241. The molecule has 144 valence electrons. The maximum Gasteiger partial charge on any atom is 0.0528 e. The largest absolute Gasteiger partial charge is 0.0763 e. The highest BCUT2D eigenvalue weighted by atomic mass is 14.6. The smallest absolute Gasteiger partial charge is 0.0528 e. The van der Waals surface area contributed by atoms with Crippen LogP contribution in [0.2, 0.25) is 0 Å². The summed E-state index contributed by atoms with van der Waals surface area (Å²) in [5.74, 6) is 0.764. The predicted octanol–water partition coefficient (Wildman–Crippen LogP) is 7.28. The number of hydrogen-bond donors (Lipinski definition) is 0. The second-order valence-electron chi connectivity index (χ2n) is 9.39. The summed E-state index contributed by atoms with van der Waals surface area (Å²) < 4.78 is 0. The van der Waals surface area contributed by atoms with Gasteiger partial charge in [-0.2, -0.15) is 0 Å². The number of allylic oxidation sites excluding steroid dienone is 4. The van der Waals surface area contributed by atoms with Gasteiger partial charge >= 0.3 is 0 Å². The SMILES string of the molecule is CC(C)(C)C1=CC=CC2c3ccccc3C(c3ccccc3)(c3ccccc3)C12. The molecule has 2 unspecified atom stereocenters. The summed E-state index contributed by atoms with van der Waals surface area (Å²) in [6.45, 7) is 7.08. The van der Waals surface area contributed by atoms with Crippen LogP contribution in [0.1, 0.15) is 48.9 Å². The molecule has 0 nitrogen and oxygen atoms in total. The van der Waals surface area contributed by atoms with Crippen molar-refractivity contribution in [2.75, 3.05) is 0 Å². The van der Waals surface area contributed by atoms with Gasteiger partial charge in [0.1, 0.15) is 0 Å². The van der Waals surface area contributed by atoms with Gasteiger partial charge in [-0.05, 0) is 27.7 Å². The van der Waals surface area contributed by atoms with Crippen molar-refractivity contribution < 1.29 is 0 Å². The molecule has 29 heavy (non-hydrogen) atoms. The Morgan fingerprint density at radius 1 is 0.690 bits per heavy atom. The van der Waals surface area contributed by atoms with Gasteiger partial charge in [0.25, 0.3) is 0 Å². The van der Waals surface area contributed by atoms with Crippen molar-refractivity contribution in [3.8, 4) is 0 Å². The van der Waals surface area contributed by atoms with Crippen LogP contribution in [-0.2, 0) is 5.41 Å². The van der Waals surface area contributed by atoms with Crippen molar-refractivity contribution >= 4 is 0 Å². The highest BCUT2D eigenvalue weighted by molar-refractivity contribution is 5.64. The van der Waals surface area contributed by atoms with E-state index in [9.17, 15) is 0 Å². The van der Waals surface area contributed by atoms with Crippen molar-refractivity contribution in [3.63, 3.8) is 0 Å². The lowest BCUT2D eigenvalue weighted by Crippen LogP contribution is -2.40. The monoisotopic (exact) mass is 376 g/mol. The van der Waals surface area contributed by atoms with Gasteiger partial charge < -0.3 is 0 Å². The van der Waals surface area contributed by atoms with Crippen molar-refractivity contribution in [3.05, 3.63) is 131 Å². The summed E-state index contributed by atoms with van der Waals surface area (Å²) in [4.78, 5) is 0. The van der Waals surface area contributed by atoms with Gasteiger partial charge in [-0.3, -0.25) is 0 Å². The molecule has 0 saturated heterocycles. The minimum Gasteiger partial charge on any atom is -0.0763 e. The number of fused-ring (bicyclic) bond motifs is 3. The first-order chi connectivity index (χ1) is 14.0. The molecular formula is C29H28. The number of benzene rings is 3. The Morgan fingerprint density at radius 2 is 1.24 bits per heavy atom. The van der Waals surface area contributed by atoms with Crippen molar-refractivity contribution in [1.82, 2.24) is 0 Å². The Hall–Kier alpha value is -2.86. The summed E-state index contributed by atoms with van der Waals surface area (Å²) >= 11 is 0. The summed E-state index contributed by atoms with van der Waals surface area (Å²) in [7, 11) is 0. The molecule has 0 heterocycles. The van der Waals surface area contributed by atoms with E-state index in [-0.39, 0.29) is 10.8 Å². The van der Waals surface area contributed by atoms with Crippen LogP contribution in [0.5, 0.6) is 0 Å². The van der Waals surface area contributed by atoms with Crippen LogP contribution in [0.15, 0.2) is 109 Å². The Bertz CT molecular complexity index is 1040. The molecule has 0 aliphatic heterocycles. The fourth-order valence-corrected chi connectivity index (χ4v) is 5.74. The molecule has 3 aromatic rings. The quantitative estimate of drug-likeness (QED) is 0.441. The van der Waals surface area contributed by atoms with Gasteiger partial charge in [0.2, 0.25) is 0 Å². The van der Waals surface area contributed by atoms with E-state index in [0.29, 0.717) is 11.8 Å². The zero-order chi connectivity index (χ0) is 20.1. The molecule has 0 heteroatoms. The maximum absolute atomic E-state index is 2.42. The van der Waals surface area contributed by atoms with Crippen LogP contribution in [0.3, 0.4) is 0 Å². The number of rotatable bonds is 2. The molecular weight excluding hydrogens is 348 g/mol. The predicted molar refractivity (Wildman–Crippen MR) is 122 cm³/mol. The Balaban J connectivity index is 1.92. The molecule has 5 rings (SSSR count). The third-order valence-corrected chi connectivity index (χ3v) is 6.82. The lowest BCUT2D eigenvalue weighted by Gasteiger charge is -2.45. The van der Waals surface area contributed by atoms with Crippen LogP contribution in [-0.4, -0.2) is 0 Å². The van der Waals surface area contributed by atoms with E-state index in [0.717, 1.165) is 0 Å². The second kappa shape index (κ2) is 6.59. The Morgan fingerprint density at radius 3 is 1.83 bits per heavy atom. The Kier molecular flexibility index (Phi) is 4.13. The van der Waals surface area contributed by atoms with Crippen molar-refractivity contribution in [2.24, 2.45) is 11.3 Å². The van der Waals surface area contributed by atoms with Gasteiger partial charge in [0.15, 0.2) is 0 Å². The third-order valence-electron chi connectivity index (χ3n) is 6.82. The first-order valence-electron chi connectivity index (χ1n) is 10.6. The molecule has 2 aliphatic rings. The normalized spacial score (nSPS) is 22.0. The molecule has 0 radical (unpaired) electrons. The van der Waals surface area contributed by atoms with Gasteiger partial charge in [0, 0.05) is 11.8 Å². The summed E-state index contributed by atoms with van der Waals surface area (Å²) in [6, 6.07) is 31.4. The van der Waals surface area contributed by atoms with Crippen LogP contribution < -0.4 is 0 Å². The second-order valence-corrected chi connectivity index (χ2v) is 9.39. The van der Waals surface area contributed by atoms with Gasteiger partial charge in [-0.25, -0.2) is 0 Å². The van der Waals surface area contributed by atoms with Crippen LogP contribution in [0.4, 0.5) is 0 Å². The topological polar surface area (TPSA) is 0 Å². The minimum atomic E-state index is -0.187. The van der Waals surface area contributed by atoms with E-state index in [1.54, 1.807) is 0 Å². The highest BCUT2D eigenvalue weighted by Gasteiger charge is 2.56. The zero-order valence-corrected chi connectivity index (χ0v) is 17.5. The molecule has 0 fully saturated rings. The third kappa shape index (κ3) is 2.59. The first kappa shape index (κ1) is 18.2. The van der Waals surface area contributed by atoms with E-state index in [4.69, 9.17) is 0 Å². The molecule has 2 aliphatic carbocycles. The standard InChI is InChI=1S/C29H28/c1-28(2,3)26-20-12-18-24-23-17-10-11-19-25(23)29(27(24)26,21-13-6-4-7-14-21)22-15-8-5-9-16-22/h4-20,24,27H,1-3H3. The summed E-state index contributed by atoms with van der Waals surface area (Å²) in [5.41, 5.74) is 7.14. The highest BCUT2D eigenvalue weighted by Crippen LogP contribution is 2.63. The Labute approximate surface area is 174 Å². The van der Waals surface area contributed by atoms with E-state index in [1.807, 2.05) is 0 Å². The maximum atomic E-state index is 2.42. The van der Waals surface area contributed by atoms with E-state index in [2.05, 4.69) is 124 Å². The zero-order valence-electron chi connectivity index (χ0n) is 17.5. The molecule has 2 atom stereocenters. The molecule has 0 spiro atoms. The lowest BCUT2D eigenvalue weighted by atomic mass is 9.57. The average Bonchev–Trinajstić information content (AvgIpc) is 3.06. The molecule has 0 N–H and O–H groups in total. The van der Waals surface area contributed by atoms with Crippen LogP contribution in [0.25, 0.3) is 0 Å². The van der Waals surface area contributed by atoms with Crippen LogP contribution in [0, 0.1) is 11.3 Å². The minimum absolute atomic E-state index is 0.102. The fourth-order valence-electron chi connectivity index (χ4n) is 5.74. The van der Waals surface area contributed by atoms with E-state index < -0.39 is 0 Å². The van der Waals surface area contributed by atoms with Gasteiger partial charge in [-0.15, -0.1) is 0 Å². The molecule has 0 saturated carbocycles. The number of hydrogen-bond acceptors (Lipinski definition) is 0. The molecule has 0 bridgehead atoms. The van der Waals surface area contributed by atoms with E-state index in [1.165, 1.54) is 27.8 Å². The molecule has 0 amide bonds. The van der Waals surface area contributed by atoms with Crippen LogP contribution >= 0.6 is 0 Å². The van der Waals surface area contributed by atoms with Crippen molar-refractivity contribution in [1.29, 1.82) is 0 Å². The summed E-state index contributed by atoms with van der Waals surface area (Å²) in [5, 5.41) is 0. The van der Waals surface area contributed by atoms with Gasteiger partial charge in [-0.1, -0.05) is 130 Å². The average molecular weight is 377 g/mol. The first-order valence-corrected chi connectivity index (χ1v) is 10.6. The molecule has 0 aromatic heterocycles. The molecule has 3 aromatic carbocycles. The van der Waals surface area contributed by atoms with Crippen molar-refractivity contribution in [2.45, 2.75) is 32.1 Å².